The van der Waals surface area contributed by atoms with E-state index in [1.54, 1.807) is 12.1 Å². The van der Waals surface area contributed by atoms with E-state index >= 15 is 0 Å². The Balaban J connectivity index is 1.32. The quantitative estimate of drug-likeness (QED) is 0.831. The van der Waals surface area contributed by atoms with Crippen LogP contribution in [-0.2, 0) is 14.3 Å². The monoisotopic (exact) mass is 415 g/mol. The first-order valence-electron chi connectivity index (χ1n) is 10.1. The third-order valence-electron chi connectivity index (χ3n) is 5.74. The number of hydrogen-bond donors (Lipinski definition) is 1. The number of rotatable bonds is 4. The number of amides is 2. The summed E-state index contributed by atoms with van der Waals surface area (Å²) in [6, 6.07) is 6.74. The molecule has 4 rings (SSSR count). The lowest BCUT2D eigenvalue weighted by Crippen LogP contribution is -2.49. The number of nitrogens with zero attached hydrogens (tertiary/aromatic N) is 2. The van der Waals surface area contributed by atoms with E-state index in [1.165, 1.54) is 18.3 Å². The van der Waals surface area contributed by atoms with Gasteiger partial charge >= 0.3 is 0 Å². The van der Waals surface area contributed by atoms with Crippen LogP contribution < -0.4 is 5.32 Å². The number of carbonyl (C=O) groups excluding carboxylic acids is 2. The molecule has 2 aliphatic rings. The standard InChI is InChI=1S/C22H23F2N3O3/c23-17-9-16(10-18(24)11-17)15-3-6-20(25-12-15)26-22(29)14-1-4-19(5-2-14)27-7-8-30-13-21(27)28/h3,6,9-12,14,19H,1-2,4-5,7-8,13H2,(H,25,26,29)/t14-,19+. The Labute approximate surface area is 173 Å². The van der Waals surface area contributed by atoms with Gasteiger partial charge < -0.3 is 15.0 Å². The second-order valence-corrected chi connectivity index (χ2v) is 7.72. The maximum absolute atomic E-state index is 13.4. The van der Waals surface area contributed by atoms with Crippen LogP contribution in [-0.4, -0.2) is 47.5 Å². The number of benzene rings is 1. The summed E-state index contributed by atoms with van der Waals surface area (Å²) in [6.45, 7) is 1.33. The van der Waals surface area contributed by atoms with E-state index in [4.69, 9.17) is 4.74 Å². The maximum Gasteiger partial charge on any atom is 0.248 e. The second-order valence-electron chi connectivity index (χ2n) is 7.72. The average Bonchev–Trinajstić information content (AvgIpc) is 2.74. The Morgan fingerprint density at radius 2 is 1.80 bits per heavy atom. The van der Waals surface area contributed by atoms with Crippen LogP contribution in [0.3, 0.4) is 0 Å². The smallest absolute Gasteiger partial charge is 0.248 e. The van der Waals surface area contributed by atoms with Crippen LogP contribution in [0.1, 0.15) is 25.7 Å². The Kier molecular flexibility index (Phi) is 6.03. The number of pyridine rings is 1. The Hall–Kier alpha value is -2.87. The van der Waals surface area contributed by atoms with Crippen LogP contribution in [0.25, 0.3) is 11.1 Å². The van der Waals surface area contributed by atoms with Gasteiger partial charge in [-0.3, -0.25) is 9.59 Å². The molecule has 2 amide bonds. The third kappa shape index (κ3) is 4.64. The summed E-state index contributed by atoms with van der Waals surface area (Å²) < 4.78 is 32.0. The van der Waals surface area contributed by atoms with Crippen molar-refractivity contribution in [2.75, 3.05) is 25.1 Å². The second kappa shape index (κ2) is 8.87. The molecule has 2 aromatic rings. The van der Waals surface area contributed by atoms with Crippen LogP contribution in [0.4, 0.5) is 14.6 Å². The number of ether oxygens (including phenoxy) is 1. The molecule has 2 heterocycles. The van der Waals surface area contributed by atoms with Gasteiger partial charge in [0, 0.05) is 36.3 Å². The van der Waals surface area contributed by atoms with Crippen molar-refractivity contribution in [2.24, 2.45) is 5.92 Å². The molecule has 0 spiro atoms. The molecule has 2 fully saturated rings. The zero-order chi connectivity index (χ0) is 21.1. The van der Waals surface area contributed by atoms with Gasteiger partial charge in [0.2, 0.25) is 11.8 Å². The highest BCUT2D eigenvalue weighted by atomic mass is 19.1. The minimum Gasteiger partial charge on any atom is -0.370 e. The molecule has 0 atom stereocenters. The molecule has 0 radical (unpaired) electrons. The lowest BCUT2D eigenvalue weighted by Gasteiger charge is -2.38. The van der Waals surface area contributed by atoms with Gasteiger partial charge in [-0.2, -0.15) is 0 Å². The fraction of sp³-hybridized carbons (Fsp3) is 0.409. The number of morpholine rings is 1. The minimum atomic E-state index is -0.656. The summed E-state index contributed by atoms with van der Waals surface area (Å²) in [4.78, 5) is 30.7. The number of anilines is 1. The van der Waals surface area contributed by atoms with E-state index in [9.17, 15) is 18.4 Å². The van der Waals surface area contributed by atoms with Crippen LogP contribution >= 0.6 is 0 Å². The van der Waals surface area contributed by atoms with Crippen LogP contribution in [0.15, 0.2) is 36.5 Å². The molecular weight excluding hydrogens is 392 g/mol. The molecular formula is C22H23F2N3O3. The topological polar surface area (TPSA) is 71.5 Å². The van der Waals surface area contributed by atoms with Gasteiger partial charge in [0.25, 0.3) is 0 Å². The van der Waals surface area contributed by atoms with Gasteiger partial charge in [0.05, 0.1) is 6.61 Å². The molecule has 30 heavy (non-hydrogen) atoms. The van der Waals surface area contributed by atoms with Crippen LogP contribution in [0.2, 0.25) is 0 Å². The van der Waals surface area contributed by atoms with E-state index in [0.29, 0.717) is 42.9 Å². The highest BCUT2D eigenvalue weighted by Gasteiger charge is 2.32. The van der Waals surface area contributed by atoms with Gasteiger partial charge in [-0.25, -0.2) is 13.8 Å². The molecule has 1 aliphatic carbocycles. The zero-order valence-electron chi connectivity index (χ0n) is 16.4. The van der Waals surface area contributed by atoms with Crippen molar-refractivity contribution in [3.63, 3.8) is 0 Å². The van der Waals surface area contributed by atoms with Crippen LogP contribution in [0.5, 0.6) is 0 Å². The largest absolute Gasteiger partial charge is 0.370 e. The molecule has 1 N–H and O–H groups in total. The first-order valence-corrected chi connectivity index (χ1v) is 10.1. The van der Waals surface area contributed by atoms with Crippen LogP contribution in [0, 0.1) is 17.6 Å². The fourth-order valence-electron chi connectivity index (χ4n) is 4.15. The van der Waals surface area contributed by atoms with E-state index in [-0.39, 0.29) is 30.4 Å². The van der Waals surface area contributed by atoms with Crippen molar-refractivity contribution in [3.05, 3.63) is 48.2 Å². The molecule has 1 saturated heterocycles. The van der Waals surface area contributed by atoms with Gasteiger partial charge in [0.15, 0.2) is 0 Å². The summed E-state index contributed by atoms with van der Waals surface area (Å²) in [5.41, 5.74) is 0.941. The van der Waals surface area contributed by atoms with Gasteiger partial charge in [-0.15, -0.1) is 0 Å². The molecule has 8 heteroatoms. The van der Waals surface area contributed by atoms with E-state index in [2.05, 4.69) is 10.3 Å². The van der Waals surface area contributed by atoms with Crippen molar-refractivity contribution in [1.29, 1.82) is 0 Å². The molecule has 158 valence electrons. The first-order chi connectivity index (χ1) is 14.5. The highest BCUT2D eigenvalue weighted by molar-refractivity contribution is 5.91. The molecule has 0 unspecified atom stereocenters. The number of carbonyl (C=O) groups is 2. The van der Waals surface area contributed by atoms with Crippen molar-refractivity contribution < 1.29 is 23.1 Å². The summed E-state index contributed by atoms with van der Waals surface area (Å²) in [7, 11) is 0. The fourth-order valence-corrected chi connectivity index (χ4v) is 4.15. The Morgan fingerprint density at radius 3 is 2.43 bits per heavy atom. The summed E-state index contributed by atoms with van der Waals surface area (Å²) in [5.74, 6) is -1.12. The number of hydrogen-bond acceptors (Lipinski definition) is 4. The van der Waals surface area contributed by atoms with E-state index in [1.807, 2.05) is 4.90 Å². The van der Waals surface area contributed by atoms with Gasteiger partial charge in [0.1, 0.15) is 24.1 Å². The third-order valence-corrected chi connectivity index (χ3v) is 5.74. The lowest BCUT2D eigenvalue weighted by atomic mass is 9.84. The summed E-state index contributed by atoms with van der Waals surface area (Å²) in [6.07, 6.45) is 4.48. The molecule has 1 aromatic carbocycles. The van der Waals surface area contributed by atoms with E-state index < -0.39 is 11.6 Å². The summed E-state index contributed by atoms with van der Waals surface area (Å²) >= 11 is 0. The number of aromatic nitrogens is 1. The Bertz CT molecular complexity index is 907. The molecule has 1 saturated carbocycles. The normalized spacial score (nSPS) is 22.1. The molecule has 0 bridgehead atoms. The van der Waals surface area contributed by atoms with Gasteiger partial charge in [-0.05, 0) is 55.5 Å². The van der Waals surface area contributed by atoms with E-state index in [0.717, 1.165) is 18.9 Å². The predicted octanol–water partition coefficient (Wildman–Crippen LogP) is 3.38. The maximum atomic E-state index is 13.4. The average molecular weight is 415 g/mol. The van der Waals surface area contributed by atoms with Crippen molar-refractivity contribution >= 4 is 17.6 Å². The number of halogens is 2. The van der Waals surface area contributed by atoms with Gasteiger partial charge in [-0.1, -0.05) is 0 Å². The Morgan fingerprint density at radius 1 is 1.07 bits per heavy atom. The molecule has 1 aliphatic heterocycles. The van der Waals surface area contributed by atoms with Crippen molar-refractivity contribution in [1.82, 2.24) is 9.88 Å². The van der Waals surface area contributed by atoms with Crippen molar-refractivity contribution in [3.8, 4) is 11.1 Å². The molecule has 1 aromatic heterocycles. The SMILES string of the molecule is O=C1COCCN1[C@H]1CC[C@@H](C(=O)Nc2ccc(-c3cc(F)cc(F)c3)cn2)CC1. The number of nitrogens with one attached hydrogen (secondary N) is 1. The minimum absolute atomic E-state index is 0.0246. The summed E-state index contributed by atoms with van der Waals surface area (Å²) in [5, 5.41) is 2.82. The highest BCUT2D eigenvalue weighted by Crippen LogP contribution is 2.29. The molecule has 6 nitrogen and oxygen atoms in total. The van der Waals surface area contributed by atoms with Crippen molar-refractivity contribution in [2.45, 2.75) is 31.7 Å². The predicted molar refractivity (Wildman–Crippen MR) is 106 cm³/mol. The first kappa shape index (κ1) is 20.4. The lowest BCUT2D eigenvalue weighted by molar-refractivity contribution is -0.146. The zero-order valence-corrected chi connectivity index (χ0v) is 16.4.